The fraction of sp³-hybridized carbons (Fsp3) is 0.188. The van der Waals surface area contributed by atoms with Crippen LogP contribution in [0.5, 0.6) is 0 Å². The van der Waals surface area contributed by atoms with Crippen LogP contribution in [0, 0.1) is 6.92 Å². The van der Waals surface area contributed by atoms with Gasteiger partial charge >= 0.3 is 0 Å². The van der Waals surface area contributed by atoms with E-state index in [4.69, 9.17) is 0 Å². The molecule has 0 saturated carbocycles. The zero-order chi connectivity index (χ0) is 15.1. The van der Waals surface area contributed by atoms with Gasteiger partial charge in [0.05, 0.1) is 0 Å². The zero-order valence-electron chi connectivity index (χ0n) is 11.8. The van der Waals surface area contributed by atoms with Gasteiger partial charge in [-0.1, -0.05) is 24.3 Å². The first-order valence-electron chi connectivity index (χ1n) is 6.66. The van der Waals surface area contributed by atoms with Crippen LogP contribution in [0.25, 0.3) is 0 Å². The normalized spacial score (nSPS) is 9.95. The second kappa shape index (κ2) is 7.19. The van der Waals surface area contributed by atoms with Crippen LogP contribution >= 0.6 is 0 Å². The summed E-state index contributed by atoms with van der Waals surface area (Å²) in [5, 5.41) is 5.42. The van der Waals surface area contributed by atoms with E-state index < -0.39 is 0 Å². The van der Waals surface area contributed by atoms with Crippen molar-refractivity contribution < 1.29 is 9.59 Å². The zero-order valence-corrected chi connectivity index (χ0v) is 11.8. The van der Waals surface area contributed by atoms with Gasteiger partial charge in [0.1, 0.15) is 6.42 Å². The quantitative estimate of drug-likeness (QED) is 0.825. The molecule has 21 heavy (non-hydrogen) atoms. The average molecular weight is 283 g/mol. The highest BCUT2D eigenvalue weighted by molar-refractivity contribution is 6.03. The standard InChI is InChI=1S/C16H17N3O2/c1-12-5-2-3-7-14(12)19-16(21)9-15(20)18-11-13-6-4-8-17-10-13/h2-8,10H,9,11H2,1H3,(H,18,20)(H,19,21). The van der Waals surface area contributed by atoms with E-state index in [0.29, 0.717) is 6.54 Å². The van der Waals surface area contributed by atoms with Crippen molar-refractivity contribution in [2.75, 3.05) is 5.32 Å². The Labute approximate surface area is 123 Å². The van der Waals surface area contributed by atoms with Crippen LogP contribution < -0.4 is 10.6 Å². The molecule has 1 aromatic heterocycles. The third-order valence-corrected chi connectivity index (χ3v) is 2.95. The lowest BCUT2D eigenvalue weighted by atomic mass is 10.2. The molecule has 2 aromatic rings. The number of amides is 2. The van der Waals surface area contributed by atoms with Crippen molar-refractivity contribution in [2.24, 2.45) is 0 Å². The third-order valence-electron chi connectivity index (χ3n) is 2.95. The first kappa shape index (κ1) is 14.7. The van der Waals surface area contributed by atoms with Gasteiger partial charge in [-0.15, -0.1) is 0 Å². The predicted molar refractivity (Wildman–Crippen MR) is 80.5 cm³/mol. The summed E-state index contributed by atoms with van der Waals surface area (Å²) in [5.41, 5.74) is 2.58. The van der Waals surface area contributed by atoms with E-state index in [0.717, 1.165) is 16.8 Å². The number of para-hydroxylation sites is 1. The van der Waals surface area contributed by atoms with Gasteiger partial charge in [0, 0.05) is 24.6 Å². The molecule has 0 spiro atoms. The Kier molecular flexibility index (Phi) is 5.04. The van der Waals surface area contributed by atoms with Gasteiger partial charge in [0.2, 0.25) is 11.8 Å². The van der Waals surface area contributed by atoms with Gasteiger partial charge in [-0.05, 0) is 30.2 Å². The van der Waals surface area contributed by atoms with Crippen molar-refractivity contribution in [3.8, 4) is 0 Å². The highest BCUT2D eigenvalue weighted by atomic mass is 16.2. The van der Waals surface area contributed by atoms with Crippen LogP contribution in [-0.4, -0.2) is 16.8 Å². The highest BCUT2D eigenvalue weighted by Crippen LogP contribution is 2.13. The van der Waals surface area contributed by atoms with E-state index in [1.54, 1.807) is 24.5 Å². The molecule has 0 radical (unpaired) electrons. The Morgan fingerprint density at radius 2 is 1.90 bits per heavy atom. The minimum absolute atomic E-state index is 0.200. The van der Waals surface area contributed by atoms with Crippen LogP contribution in [0.3, 0.4) is 0 Å². The summed E-state index contributed by atoms with van der Waals surface area (Å²) in [7, 11) is 0. The number of nitrogens with one attached hydrogen (secondary N) is 2. The molecule has 2 N–H and O–H groups in total. The number of anilines is 1. The van der Waals surface area contributed by atoms with Crippen molar-refractivity contribution in [1.82, 2.24) is 10.3 Å². The number of hydrogen-bond donors (Lipinski definition) is 2. The SMILES string of the molecule is Cc1ccccc1NC(=O)CC(=O)NCc1cccnc1. The van der Waals surface area contributed by atoms with Gasteiger partial charge in [-0.3, -0.25) is 14.6 Å². The van der Waals surface area contributed by atoms with Gasteiger partial charge in [-0.2, -0.15) is 0 Å². The van der Waals surface area contributed by atoms with Crippen LogP contribution in [0.1, 0.15) is 17.5 Å². The Bertz CT molecular complexity index is 626. The fourth-order valence-electron chi connectivity index (χ4n) is 1.82. The second-order valence-electron chi connectivity index (χ2n) is 4.68. The molecule has 1 heterocycles. The number of benzene rings is 1. The molecule has 0 unspecified atom stereocenters. The van der Waals surface area contributed by atoms with Gasteiger partial charge in [0.15, 0.2) is 0 Å². The van der Waals surface area contributed by atoms with Gasteiger partial charge in [0.25, 0.3) is 0 Å². The van der Waals surface area contributed by atoms with Crippen LogP contribution in [0.2, 0.25) is 0 Å². The largest absolute Gasteiger partial charge is 0.352 e. The molecular formula is C16H17N3O2. The topological polar surface area (TPSA) is 71.1 Å². The van der Waals surface area contributed by atoms with E-state index in [9.17, 15) is 9.59 Å². The predicted octanol–water partition coefficient (Wildman–Crippen LogP) is 2.04. The summed E-state index contributed by atoms with van der Waals surface area (Å²) in [5.74, 6) is -0.641. The summed E-state index contributed by atoms with van der Waals surface area (Å²) < 4.78 is 0. The van der Waals surface area contributed by atoms with Gasteiger partial charge < -0.3 is 10.6 Å². The summed E-state index contributed by atoms with van der Waals surface area (Å²) in [4.78, 5) is 27.5. The second-order valence-corrected chi connectivity index (χ2v) is 4.68. The number of nitrogens with zero attached hydrogens (tertiary/aromatic N) is 1. The summed E-state index contributed by atoms with van der Waals surface area (Å²) in [6.07, 6.45) is 3.14. The Hall–Kier alpha value is -2.69. The highest BCUT2D eigenvalue weighted by Gasteiger charge is 2.10. The van der Waals surface area contributed by atoms with E-state index in [1.807, 2.05) is 31.2 Å². The monoisotopic (exact) mass is 283 g/mol. The molecular weight excluding hydrogens is 266 g/mol. The minimum atomic E-state index is -0.326. The van der Waals surface area contributed by atoms with Crippen LogP contribution in [-0.2, 0) is 16.1 Å². The lowest BCUT2D eigenvalue weighted by Gasteiger charge is -2.08. The molecule has 0 atom stereocenters. The van der Waals surface area contributed by atoms with E-state index in [1.165, 1.54) is 0 Å². The third kappa shape index (κ3) is 4.72. The summed E-state index contributed by atoms with van der Waals surface area (Å²) in [6, 6.07) is 11.1. The fourth-order valence-corrected chi connectivity index (χ4v) is 1.82. The Morgan fingerprint density at radius 3 is 2.62 bits per heavy atom. The smallest absolute Gasteiger partial charge is 0.233 e. The number of carbonyl (C=O) groups is 2. The molecule has 2 rings (SSSR count). The first-order valence-corrected chi connectivity index (χ1v) is 6.66. The molecule has 0 bridgehead atoms. The number of rotatable bonds is 5. The molecule has 0 aliphatic heterocycles. The van der Waals surface area contributed by atoms with E-state index >= 15 is 0 Å². The van der Waals surface area contributed by atoms with Gasteiger partial charge in [-0.25, -0.2) is 0 Å². The average Bonchev–Trinajstić information content (AvgIpc) is 2.48. The lowest BCUT2D eigenvalue weighted by Crippen LogP contribution is -2.27. The maximum absolute atomic E-state index is 11.8. The van der Waals surface area contributed by atoms with Crippen molar-refractivity contribution in [2.45, 2.75) is 19.9 Å². The molecule has 5 heteroatoms. The molecule has 0 aliphatic rings. The molecule has 1 aromatic carbocycles. The molecule has 5 nitrogen and oxygen atoms in total. The van der Waals surface area contributed by atoms with Crippen molar-refractivity contribution in [3.63, 3.8) is 0 Å². The van der Waals surface area contributed by atoms with E-state index in [2.05, 4.69) is 15.6 Å². The van der Waals surface area contributed by atoms with Crippen LogP contribution in [0.4, 0.5) is 5.69 Å². The van der Waals surface area contributed by atoms with Crippen molar-refractivity contribution >= 4 is 17.5 Å². The number of pyridine rings is 1. The minimum Gasteiger partial charge on any atom is -0.352 e. The summed E-state index contributed by atoms with van der Waals surface area (Å²) >= 11 is 0. The summed E-state index contributed by atoms with van der Waals surface area (Å²) in [6.45, 7) is 2.27. The molecule has 2 amide bonds. The van der Waals surface area contributed by atoms with Crippen molar-refractivity contribution in [1.29, 1.82) is 0 Å². The number of carbonyl (C=O) groups excluding carboxylic acids is 2. The molecule has 0 aliphatic carbocycles. The number of aromatic nitrogens is 1. The lowest BCUT2D eigenvalue weighted by molar-refractivity contribution is -0.126. The maximum Gasteiger partial charge on any atom is 0.233 e. The maximum atomic E-state index is 11.8. The molecule has 108 valence electrons. The van der Waals surface area contributed by atoms with Crippen LogP contribution in [0.15, 0.2) is 48.8 Å². The Balaban J connectivity index is 1.80. The Morgan fingerprint density at radius 1 is 1.10 bits per heavy atom. The first-order chi connectivity index (χ1) is 10.1. The molecule has 0 fully saturated rings. The molecule has 0 saturated heterocycles. The number of aryl methyl sites for hydroxylation is 1. The van der Waals surface area contributed by atoms with E-state index in [-0.39, 0.29) is 18.2 Å². The number of hydrogen-bond acceptors (Lipinski definition) is 3. The van der Waals surface area contributed by atoms with Crippen molar-refractivity contribution in [3.05, 3.63) is 59.9 Å².